The average Bonchev–Trinajstić information content (AvgIpc) is 3.39. The molecule has 53 heavy (non-hydrogen) atoms. The highest BCUT2D eigenvalue weighted by Crippen LogP contribution is 2.51. The number of esters is 2. The number of halogens is 1. The maximum absolute atomic E-state index is 14.0. The van der Waals surface area contributed by atoms with Crippen LogP contribution in [0.3, 0.4) is 0 Å². The first-order valence-electron chi connectivity index (χ1n) is 17.2. The molecule has 13 nitrogen and oxygen atoms in total. The highest BCUT2D eigenvalue weighted by Gasteiger charge is 2.59. The predicted octanol–water partition coefficient (Wildman–Crippen LogP) is 6.07. The Balaban J connectivity index is 1.43. The summed E-state index contributed by atoms with van der Waals surface area (Å²) >= 11 is 0. The van der Waals surface area contributed by atoms with Crippen LogP contribution in [0.15, 0.2) is 48.5 Å². The molecule has 2 aliphatic rings. The van der Waals surface area contributed by atoms with Gasteiger partial charge >= 0.3 is 11.9 Å². The molecule has 3 aromatic rings. The summed E-state index contributed by atoms with van der Waals surface area (Å²) in [5.41, 5.74) is -0.144. The third-order valence-electron chi connectivity index (χ3n) is 9.50. The number of hydrogen-bond acceptors (Lipinski definition) is 12. The number of anilines is 3. The number of carbonyl (C=O) groups is 3. The summed E-state index contributed by atoms with van der Waals surface area (Å²) < 4.78 is 37.0. The normalized spacial score (nSPS) is 20.5. The number of benzene rings is 3. The molecule has 1 fully saturated rings. The molecule has 0 saturated carbocycles. The Morgan fingerprint density at radius 2 is 1.74 bits per heavy atom. The number of aromatic hydroxyl groups is 1. The first kappa shape index (κ1) is 39.3. The number of hydroxylamine groups is 2. The second-order valence-corrected chi connectivity index (χ2v) is 15.0. The van der Waals surface area contributed by atoms with Crippen molar-refractivity contribution in [2.75, 3.05) is 31.0 Å². The summed E-state index contributed by atoms with van der Waals surface area (Å²) in [7, 11) is 4.54. The number of ether oxygens (including phenoxy) is 4. The minimum atomic E-state index is -1.67. The van der Waals surface area contributed by atoms with Gasteiger partial charge in [0.05, 0.1) is 24.2 Å². The molecule has 286 valence electrons. The maximum atomic E-state index is 14.0. The molecule has 0 aliphatic carbocycles. The molecule has 0 bridgehead atoms. The minimum Gasteiger partial charge on any atom is -0.504 e. The minimum absolute atomic E-state index is 0.0584. The Bertz CT molecular complexity index is 1910. The molecular formula is C39H48FN3O10. The number of phenols is 1. The van der Waals surface area contributed by atoms with E-state index in [9.17, 15) is 23.9 Å². The zero-order valence-electron chi connectivity index (χ0n) is 32.0. The van der Waals surface area contributed by atoms with Gasteiger partial charge in [0.2, 0.25) is 6.10 Å². The molecule has 3 atom stereocenters. The molecule has 0 radical (unpaired) electrons. The molecule has 0 aromatic heterocycles. The number of para-hydroxylation sites is 1. The van der Waals surface area contributed by atoms with Crippen LogP contribution in [0.1, 0.15) is 65.2 Å². The first-order chi connectivity index (χ1) is 24.7. The number of methoxy groups -OCH3 is 1. The van der Waals surface area contributed by atoms with Crippen LogP contribution < -0.4 is 19.3 Å². The molecule has 3 aromatic carbocycles. The third-order valence-corrected chi connectivity index (χ3v) is 9.50. The highest BCUT2D eigenvalue weighted by atomic mass is 19.1. The standard InChI is InChI=1S/C39H48FN3O10/c1-22-15-17-26(40)20-29(22)49-21-25-13-12-14-27-30(25)41(9)35(46)38(6,7)43(27)28-18-16-24(31(44)32(28)48-11)19-23(2)50-36(47)39(8)33(52-53-42(39)10)34(45)51-37(3,4)5/h12-18,20,23,33,44H,19,21H2,1-11H3/t23-,33+,39-/m0/s1. The quantitative estimate of drug-likeness (QED) is 0.191. The van der Waals surface area contributed by atoms with E-state index < -0.39 is 46.6 Å². The number of amides is 1. The molecule has 0 spiro atoms. The lowest BCUT2D eigenvalue weighted by molar-refractivity contribution is -0.377. The van der Waals surface area contributed by atoms with Crippen molar-refractivity contribution in [3.8, 4) is 17.2 Å². The summed E-state index contributed by atoms with van der Waals surface area (Å²) in [5.74, 6) is -1.96. The van der Waals surface area contributed by atoms with Crippen LogP contribution in [0.4, 0.5) is 21.5 Å². The lowest BCUT2D eigenvalue weighted by Gasteiger charge is -2.47. The van der Waals surface area contributed by atoms with Crippen molar-refractivity contribution in [1.82, 2.24) is 5.06 Å². The lowest BCUT2D eigenvalue weighted by atomic mass is 9.92. The zero-order chi connectivity index (χ0) is 39.2. The van der Waals surface area contributed by atoms with Gasteiger partial charge in [-0.15, -0.1) is 10.1 Å². The van der Waals surface area contributed by atoms with E-state index in [0.717, 1.165) is 10.6 Å². The van der Waals surface area contributed by atoms with Crippen molar-refractivity contribution in [2.24, 2.45) is 0 Å². The van der Waals surface area contributed by atoms with Gasteiger partial charge in [0.25, 0.3) is 5.91 Å². The summed E-state index contributed by atoms with van der Waals surface area (Å²) in [4.78, 5) is 54.1. The zero-order valence-corrected chi connectivity index (χ0v) is 32.0. The van der Waals surface area contributed by atoms with Crippen molar-refractivity contribution >= 4 is 34.9 Å². The van der Waals surface area contributed by atoms with Crippen LogP contribution in [0.5, 0.6) is 17.2 Å². The molecule has 1 amide bonds. The molecule has 0 unspecified atom stereocenters. The number of phenolic OH excluding ortho intramolecular Hbond substituents is 1. The molecule has 1 N–H and O–H groups in total. The van der Waals surface area contributed by atoms with Crippen LogP contribution in [-0.4, -0.2) is 78.1 Å². The molecule has 5 rings (SSSR count). The van der Waals surface area contributed by atoms with Gasteiger partial charge in [-0.3, -0.25) is 4.79 Å². The Morgan fingerprint density at radius 1 is 1.04 bits per heavy atom. The number of rotatable bonds is 10. The van der Waals surface area contributed by atoms with Crippen molar-refractivity contribution in [3.05, 3.63) is 71.0 Å². The van der Waals surface area contributed by atoms with Crippen LogP contribution >= 0.6 is 0 Å². The van der Waals surface area contributed by atoms with Gasteiger partial charge in [-0.2, -0.15) is 4.89 Å². The summed E-state index contributed by atoms with van der Waals surface area (Å²) in [6.07, 6.45) is -2.15. The van der Waals surface area contributed by atoms with Gasteiger partial charge in [-0.05, 0) is 79.2 Å². The molecule has 2 heterocycles. The third kappa shape index (κ3) is 7.35. The largest absolute Gasteiger partial charge is 0.504 e. The van der Waals surface area contributed by atoms with Crippen LogP contribution in [0.2, 0.25) is 0 Å². The maximum Gasteiger partial charge on any atom is 0.341 e. The van der Waals surface area contributed by atoms with Gasteiger partial charge in [-0.25, -0.2) is 14.0 Å². The van der Waals surface area contributed by atoms with Crippen LogP contribution in [0, 0.1) is 12.7 Å². The molecule has 2 aliphatic heterocycles. The Kier molecular flexibility index (Phi) is 10.7. The van der Waals surface area contributed by atoms with Gasteiger partial charge in [0.15, 0.2) is 17.0 Å². The van der Waals surface area contributed by atoms with Gasteiger partial charge in [0, 0.05) is 37.7 Å². The smallest absolute Gasteiger partial charge is 0.341 e. The van der Waals surface area contributed by atoms with E-state index in [2.05, 4.69) is 0 Å². The average molecular weight is 738 g/mol. The highest BCUT2D eigenvalue weighted by molar-refractivity contribution is 6.10. The fourth-order valence-corrected chi connectivity index (χ4v) is 6.59. The van der Waals surface area contributed by atoms with Crippen molar-refractivity contribution in [1.29, 1.82) is 0 Å². The Hall–Kier alpha value is -4.92. The monoisotopic (exact) mass is 737 g/mol. The Morgan fingerprint density at radius 3 is 2.40 bits per heavy atom. The predicted molar refractivity (Wildman–Crippen MR) is 193 cm³/mol. The summed E-state index contributed by atoms with van der Waals surface area (Å²) in [6, 6.07) is 13.3. The number of aryl methyl sites for hydroxylation is 1. The number of carbonyl (C=O) groups excluding carboxylic acids is 3. The van der Waals surface area contributed by atoms with Crippen molar-refractivity contribution in [2.45, 2.75) is 97.3 Å². The first-order valence-corrected chi connectivity index (χ1v) is 17.2. The summed E-state index contributed by atoms with van der Waals surface area (Å²) in [6.45, 7) is 13.6. The topological polar surface area (TPSA) is 137 Å². The molecule has 14 heteroatoms. The summed E-state index contributed by atoms with van der Waals surface area (Å²) in [5, 5.41) is 12.7. The van der Waals surface area contributed by atoms with Crippen LogP contribution in [-0.2, 0) is 46.8 Å². The fourth-order valence-electron chi connectivity index (χ4n) is 6.59. The number of nitrogens with zero attached hydrogens (tertiary/aromatic N) is 3. The van der Waals surface area contributed by atoms with E-state index in [1.165, 1.54) is 33.2 Å². The van der Waals surface area contributed by atoms with Gasteiger partial charge in [-0.1, -0.05) is 24.3 Å². The van der Waals surface area contributed by atoms with Crippen molar-refractivity contribution < 1.29 is 52.7 Å². The van der Waals surface area contributed by atoms with E-state index in [1.807, 2.05) is 25.1 Å². The number of fused-ring (bicyclic) bond motifs is 1. The molecular weight excluding hydrogens is 689 g/mol. The van der Waals surface area contributed by atoms with E-state index in [0.29, 0.717) is 33.9 Å². The van der Waals surface area contributed by atoms with Gasteiger partial charge < -0.3 is 33.9 Å². The number of hydrogen-bond donors (Lipinski definition) is 1. The van der Waals surface area contributed by atoms with Gasteiger partial charge in [0.1, 0.15) is 35.4 Å². The Labute approximate surface area is 308 Å². The van der Waals surface area contributed by atoms with Crippen molar-refractivity contribution in [3.63, 3.8) is 0 Å². The fraction of sp³-hybridized carbons (Fsp3) is 0.462. The van der Waals surface area contributed by atoms with E-state index in [1.54, 1.807) is 76.6 Å². The SMILES string of the molecule is COc1c(N2c3cccc(COc4cc(F)ccc4C)c3N(C)C(=O)C2(C)C)ccc(C[C@H](C)OC(=O)[C@]2(C)[C@@H](C(=O)OC(C)(C)C)OON2C)c1O. The van der Waals surface area contributed by atoms with E-state index >= 15 is 0 Å². The second kappa shape index (κ2) is 14.5. The lowest BCUT2D eigenvalue weighted by Crippen LogP contribution is -2.57. The molecule has 1 saturated heterocycles. The van der Waals surface area contributed by atoms with E-state index in [4.69, 9.17) is 28.8 Å². The van der Waals surface area contributed by atoms with Crippen LogP contribution in [0.25, 0.3) is 0 Å². The van der Waals surface area contributed by atoms with E-state index in [-0.39, 0.29) is 30.4 Å². The second-order valence-electron chi connectivity index (χ2n) is 15.0. The number of likely N-dealkylation sites (N-methyl/N-ethyl adjacent to an activating group) is 2.